The summed E-state index contributed by atoms with van der Waals surface area (Å²) in [6.45, 7) is 10.2. The van der Waals surface area contributed by atoms with Crippen LogP contribution in [0.5, 0.6) is 0 Å². The Morgan fingerprint density at radius 3 is 0.875 bits per heavy atom. The zero-order chi connectivity index (χ0) is 18.3. The maximum Gasteiger partial charge on any atom is 0.297 e. The van der Waals surface area contributed by atoms with E-state index in [0.29, 0.717) is 26.4 Å². The minimum absolute atomic E-state index is 0.451. The zero-order valence-corrected chi connectivity index (χ0v) is 16.3. The van der Waals surface area contributed by atoms with Crippen molar-refractivity contribution in [1.29, 1.82) is 0 Å². The fraction of sp³-hybridized carbons (Fsp3) is 1.00. The molecule has 0 aliphatic carbocycles. The van der Waals surface area contributed by atoms with Crippen LogP contribution in [0.3, 0.4) is 0 Å². The first-order chi connectivity index (χ1) is 11.5. The maximum atomic E-state index is 6.40. The number of rotatable bonds is 17. The van der Waals surface area contributed by atoms with Gasteiger partial charge < -0.3 is 18.9 Å². The minimum atomic E-state index is -1.61. The van der Waals surface area contributed by atoms with Gasteiger partial charge >= 0.3 is 0 Å². The van der Waals surface area contributed by atoms with E-state index in [1.807, 2.05) is 0 Å². The van der Waals surface area contributed by atoms with Gasteiger partial charge in [0.1, 0.15) is 0 Å². The molecular weight excluding hydrogens is 308 g/mol. The molecule has 0 fully saturated rings. The SMILES string of the molecule is CCCCOC(N)(OCCCC)C(N)(OCCCC)OCCCC. The van der Waals surface area contributed by atoms with Crippen molar-refractivity contribution < 1.29 is 18.9 Å². The van der Waals surface area contributed by atoms with Gasteiger partial charge in [-0.3, -0.25) is 11.5 Å². The predicted octanol–water partition coefficient (Wildman–Crippen LogP) is 3.48. The fourth-order valence-corrected chi connectivity index (χ4v) is 1.96. The molecule has 0 aliphatic rings. The van der Waals surface area contributed by atoms with E-state index in [2.05, 4.69) is 27.7 Å². The van der Waals surface area contributed by atoms with E-state index in [1.54, 1.807) is 0 Å². The van der Waals surface area contributed by atoms with E-state index in [-0.39, 0.29) is 0 Å². The van der Waals surface area contributed by atoms with E-state index in [1.165, 1.54) is 0 Å². The number of hydrogen-bond acceptors (Lipinski definition) is 6. The third-order valence-corrected chi connectivity index (χ3v) is 3.74. The summed E-state index contributed by atoms with van der Waals surface area (Å²) in [5, 5.41) is 0. The van der Waals surface area contributed by atoms with Crippen molar-refractivity contribution in [3.05, 3.63) is 0 Å². The summed E-state index contributed by atoms with van der Waals surface area (Å²) in [6.07, 6.45) is 7.47. The molecule has 0 saturated carbocycles. The summed E-state index contributed by atoms with van der Waals surface area (Å²) >= 11 is 0. The molecule has 6 nitrogen and oxygen atoms in total. The van der Waals surface area contributed by atoms with Gasteiger partial charge in [-0.2, -0.15) is 0 Å². The second-order valence-corrected chi connectivity index (χ2v) is 6.14. The number of ether oxygens (including phenoxy) is 4. The smallest absolute Gasteiger partial charge is 0.297 e. The molecule has 0 aromatic carbocycles. The predicted molar refractivity (Wildman–Crippen MR) is 97.3 cm³/mol. The minimum Gasteiger partial charge on any atom is -0.332 e. The lowest BCUT2D eigenvalue weighted by Crippen LogP contribution is -2.71. The fourth-order valence-electron chi connectivity index (χ4n) is 1.96. The van der Waals surface area contributed by atoms with Crippen LogP contribution >= 0.6 is 0 Å². The summed E-state index contributed by atoms with van der Waals surface area (Å²) in [7, 11) is 0. The summed E-state index contributed by atoms with van der Waals surface area (Å²) < 4.78 is 23.3. The molecular formula is C18H40N2O4. The molecule has 146 valence electrons. The molecule has 24 heavy (non-hydrogen) atoms. The van der Waals surface area contributed by atoms with Crippen LogP contribution in [0.1, 0.15) is 79.1 Å². The van der Waals surface area contributed by atoms with Crippen LogP contribution in [-0.4, -0.2) is 38.2 Å². The molecule has 0 saturated heterocycles. The second kappa shape index (κ2) is 14.0. The first-order valence-corrected chi connectivity index (χ1v) is 9.63. The Bertz CT molecular complexity index is 242. The van der Waals surface area contributed by atoms with Crippen molar-refractivity contribution in [3.8, 4) is 0 Å². The van der Waals surface area contributed by atoms with Gasteiger partial charge in [-0.15, -0.1) is 0 Å². The van der Waals surface area contributed by atoms with Crippen molar-refractivity contribution in [2.75, 3.05) is 26.4 Å². The van der Waals surface area contributed by atoms with Crippen molar-refractivity contribution in [2.24, 2.45) is 11.5 Å². The molecule has 0 spiro atoms. The Hall–Kier alpha value is -0.240. The van der Waals surface area contributed by atoms with Crippen molar-refractivity contribution in [2.45, 2.75) is 90.9 Å². The normalized spacial score (nSPS) is 12.8. The van der Waals surface area contributed by atoms with E-state index in [9.17, 15) is 0 Å². The molecule has 4 N–H and O–H groups in total. The highest BCUT2D eigenvalue weighted by Gasteiger charge is 2.52. The van der Waals surface area contributed by atoms with Gasteiger partial charge in [0, 0.05) is 0 Å². The van der Waals surface area contributed by atoms with Crippen molar-refractivity contribution in [3.63, 3.8) is 0 Å². The first-order valence-electron chi connectivity index (χ1n) is 9.63. The quantitative estimate of drug-likeness (QED) is 0.309. The first kappa shape index (κ1) is 23.8. The Kier molecular flexibility index (Phi) is 13.8. The zero-order valence-electron chi connectivity index (χ0n) is 16.3. The largest absolute Gasteiger partial charge is 0.332 e. The Morgan fingerprint density at radius 2 is 0.708 bits per heavy atom. The monoisotopic (exact) mass is 348 g/mol. The topological polar surface area (TPSA) is 89.0 Å². The highest BCUT2D eigenvalue weighted by atomic mass is 16.8. The molecule has 0 rings (SSSR count). The van der Waals surface area contributed by atoms with E-state index >= 15 is 0 Å². The van der Waals surface area contributed by atoms with Gasteiger partial charge in [0.05, 0.1) is 26.4 Å². The third-order valence-electron chi connectivity index (χ3n) is 3.74. The van der Waals surface area contributed by atoms with Crippen molar-refractivity contribution in [1.82, 2.24) is 0 Å². The Morgan fingerprint density at radius 1 is 0.500 bits per heavy atom. The molecule has 0 radical (unpaired) electrons. The van der Waals surface area contributed by atoms with Gasteiger partial charge in [0.2, 0.25) is 0 Å². The highest BCUT2D eigenvalue weighted by molar-refractivity contribution is 4.80. The molecule has 0 aromatic rings. The van der Waals surface area contributed by atoms with Gasteiger partial charge in [-0.1, -0.05) is 53.4 Å². The van der Waals surface area contributed by atoms with Gasteiger partial charge in [-0.05, 0) is 25.7 Å². The molecule has 0 atom stereocenters. The van der Waals surface area contributed by atoms with Crippen LogP contribution in [0, 0.1) is 0 Å². The molecule has 0 amide bonds. The van der Waals surface area contributed by atoms with Gasteiger partial charge in [0.15, 0.2) is 0 Å². The van der Waals surface area contributed by atoms with Crippen LogP contribution in [0.25, 0.3) is 0 Å². The van der Waals surface area contributed by atoms with Crippen LogP contribution in [0.4, 0.5) is 0 Å². The maximum absolute atomic E-state index is 6.40. The summed E-state index contributed by atoms with van der Waals surface area (Å²) in [4.78, 5) is 0. The number of hydrogen-bond donors (Lipinski definition) is 2. The van der Waals surface area contributed by atoms with Crippen molar-refractivity contribution >= 4 is 0 Å². The molecule has 0 heterocycles. The van der Waals surface area contributed by atoms with Crippen LogP contribution < -0.4 is 11.5 Å². The van der Waals surface area contributed by atoms with Crippen LogP contribution in [0.15, 0.2) is 0 Å². The average molecular weight is 349 g/mol. The molecule has 0 aliphatic heterocycles. The second-order valence-electron chi connectivity index (χ2n) is 6.14. The van der Waals surface area contributed by atoms with E-state index in [4.69, 9.17) is 30.4 Å². The summed E-state index contributed by atoms with van der Waals surface area (Å²) in [5.74, 6) is -3.22. The number of nitrogens with two attached hydrogens (primary N) is 2. The highest BCUT2D eigenvalue weighted by Crippen LogP contribution is 2.26. The molecule has 0 bridgehead atoms. The lowest BCUT2D eigenvalue weighted by atomic mass is 10.3. The summed E-state index contributed by atoms with van der Waals surface area (Å²) in [5.41, 5.74) is 12.8. The standard InChI is InChI=1S/C18H40N2O4/c1-5-9-13-21-17(19,22-14-10-6-2)18(20,23-15-11-7-3)24-16-12-8-4/h5-16,19-20H2,1-4H3. The van der Waals surface area contributed by atoms with Gasteiger partial charge in [0.25, 0.3) is 11.8 Å². The lowest BCUT2D eigenvalue weighted by molar-refractivity contribution is -0.408. The summed E-state index contributed by atoms with van der Waals surface area (Å²) in [6, 6.07) is 0. The van der Waals surface area contributed by atoms with Crippen LogP contribution in [0.2, 0.25) is 0 Å². The lowest BCUT2D eigenvalue weighted by Gasteiger charge is -2.43. The Labute approximate surface area is 148 Å². The van der Waals surface area contributed by atoms with Crippen LogP contribution in [-0.2, 0) is 18.9 Å². The van der Waals surface area contributed by atoms with E-state index in [0.717, 1.165) is 51.4 Å². The Balaban J connectivity index is 5.08. The van der Waals surface area contributed by atoms with E-state index < -0.39 is 11.8 Å². The van der Waals surface area contributed by atoms with Gasteiger partial charge in [-0.25, -0.2) is 0 Å². The molecule has 0 aromatic heterocycles. The molecule has 0 unspecified atom stereocenters. The number of unbranched alkanes of at least 4 members (excludes halogenated alkanes) is 4. The average Bonchev–Trinajstić information content (AvgIpc) is 2.56. The third kappa shape index (κ3) is 8.74. The molecule has 6 heteroatoms.